The Balaban J connectivity index is 2.59. The van der Waals surface area contributed by atoms with Gasteiger partial charge in [0.25, 0.3) is 0 Å². The van der Waals surface area contributed by atoms with Crippen molar-refractivity contribution in [3.8, 4) is 11.4 Å². The van der Waals surface area contributed by atoms with E-state index < -0.39 is 0 Å². The van der Waals surface area contributed by atoms with Crippen molar-refractivity contribution in [1.82, 2.24) is 20.0 Å². The predicted octanol–water partition coefficient (Wildman–Crippen LogP) is 2.29. The van der Waals surface area contributed by atoms with E-state index >= 15 is 0 Å². The molecule has 0 N–H and O–H groups in total. The molecule has 0 amide bonds. The molecule has 0 atom stereocenters. The van der Waals surface area contributed by atoms with E-state index in [1.807, 2.05) is 0 Å². The van der Waals surface area contributed by atoms with Crippen LogP contribution in [0.25, 0.3) is 11.4 Å². The minimum absolute atomic E-state index is 0.642. The molecule has 0 aliphatic rings. The zero-order valence-electron chi connectivity index (χ0n) is 7.28. The van der Waals surface area contributed by atoms with Gasteiger partial charge in [0.15, 0.2) is 4.60 Å². The molecular formula is C8H6BrClN4. The lowest BCUT2D eigenvalue weighted by atomic mass is 10.3. The summed E-state index contributed by atoms with van der Waals surface area (Å²) in [5.41, 5.74) is 1.56. The average Bonchev–Trinajstić information content (AvgIpc) is 2.46. The molecule has 0 spiro atoms. The van der Waals surface area contributed by atoms with Crippen LogP contribution in [0.2, 0.25) is 5.02 Å². The van der Waals surface area contributed by atoms with Crippen LogP contribution in [0.1, 0.15) is 0 Å². The number of nitrogens with zero attached hydrogens (tertiary/aromatic N) is 4. The minimum Gasteiger partial charge on any atom is -0.254 e. The molecule has 0 radical (unpaired) electrons. The van der Waals surface area contributed by atoms with Crippen molar-refractivity contribution >= 4 is 27.5 Å². The van der Waals surface area contributed by atoms with Crippen LogP contribution in [-0.2, 0) is 7.05 Å². The highest BCUT2D eigenvalue weighted by Gasteiger charge is 2.11. The molecule has 0 aliphatic heterocycles. The van der Waals surface area contributed by atoms with Gasteiger partial charge in [-0.1, -0.05) is 16.8 Å². The van der Waals surface area contributed by atoms with Crippen molar-refractivity contribution in [3.63, 3.8) is 0 Å². The number of aromatic nitrogens is 4. The summed E-state index contributed by atoms with van der Waals surface area (Å²) in [6.45, 7) is 0. The molecule has 2 aromatic heterocycles. The number of aryl methyl sites for hydroxylation is 1. The first-order valence-corrected chi connectivity index (χ1v) is 5.02. The third kappa shape index (κ3) is 1.65. The van der Waals surface area contributed by atoms with E-state index in [4.69, 9.17) is 11.6 Å². The van der Waals surface area contributed by atoms with Gasteiger partial charge < -0.3 is 0 Å². The van der Waals surface area contributed by atoms with Crippen molar-refractivity contribution in [2.75, 3.05) is 0 Å². The van der Waals surface area contributed by atoms with Gasteiger partial charge in [0.1, 0.15) is 5.69 Å². The Morgan fingerprint density at radius 2 is 2.29 bits per heavy atom. The van der Waals surface area contributed by atoms with Gasteiger partial charge in [-0.05, 0) is 28.1 Å². The van der Waals surface area contributed by atoms with Crippen LogP contribution in [0.5, 0.6) is 0 Å². The van der Waals surface area contributed by atoms with Crippen molar-refractivity contribution in [2.24, 2.45) is 7.05 Å². The van der Waals surface area contributed by atoms with Gasteiger partial charge in [0, 0.05) is 18.3 Å². The summed E-state index contributed by atoms with van der Waals surface area (Å²) in [5.74, 6) is 0. The maximum Gasteiger partial charge on any atom is 0.157 e. The third-order valence-electron chi connectivity index (χ3n) is 1.75. The Labute approximate surface area is 94.0 Å². The first-order valence-electron chi connectivity index (χ1n) is 3.85. The largest absolute Gasteiger partial charge is 0.254 e. The molecule has 14 heavy (non-hydrogen) atoms. The zero-order valence-corrected chi connectivity index (χ0v) is 9.62. The predicted molar refractivity (Wildman–Crippen MR) is 56.9 cm³/mol. The van der Waals surface area contributed by atoms with Gasteiger partial charge in [0.05, 0.1) is 5.69 Å². The van der Waals surface area contributed by atoms with Crippen LogP contribution in [0.15, 0.2) is 22.9 Å². The lowest BCUT2D eigenvalue weighted by Crippen LogP contribution is -1.95. The van der Waals surface area contributed by atoms with Crippen molar-refractivity contribution in [3.05, 3.63) is 28.0 Å². The van der Waals surface area contributed by atoms with Crippen LogP contribution in [0, 0.1) is 0 Å². The SMILES string of the molecule is Cn1nnc(Br)c1-c1cc(Cl)ccn1. The highest BCUT2D eigenvalue weighted by atomic mass is 79.9. The summed E-state index contributed by atoms with van der Waals surface area (Å²) < 4.78 is 2.30. The molecule has 0 unspecified atom stereocenters. The average molecular weight is 274 g/mol. The van der Waals surface area contributed by atoms with Gasteiger partial charge in [-0.3, -0.25) is 4.98 Å². The summed E-state index contributed by atoms with van der Waals surface area (Å²) in [7, 11) is 1.80. The minimum atomic E-state index is 0.642. The summed E-state index contributed by atoms with van der Waals surface area (Å²) in [6.07, 6.45) is 1.65. The van der Waals surface area contributed by atoms with E-state index in [0.717, 1.165) is 11.4 Å². The number of hydrogen-bond donors (Lipinski definition) is 0. The van der Waals surface area contributed by atoms with E-state index in [-0.39, 0.29) is 0 Å². The molecule has 4 nitrogen and oxygen atoms in total. The Hall–Kier alpha value is -0.940. The summed E-state index contributed by atoms with van der Waals surface area (Å²) in [5, 5.41) is 8.37. The lowest BCUT2D eigenvalue weighted by molar-refractivity contribution is 0.718. The van der Waals surface area contributed by atoms with E-state index in [9.17, 15) is 0 Å². The number of rotatable bonds is 1. The topological polar surface area (TPSA) is 43.6 Å². The molecule has 0 saturated carbocycles. The molecule has 0 aliphatic carbocycles. The quantitative estimate of drug-likeness (QED) is 0.801. The molecule has 0 fully saturated rings. The lowest BCUT2D eigenvalue weighted by Gasteiger charge is -2.00. The van der Waals surface area contributed by atoms with Gasteiger partial charge in [0.2, 0.25) is 0 Å². The van der Waals surface area contributed by atoms with E-state index in [1.165, 1.54) is 0 Å². The molecule has 2 heterocycles. The van der Waals surface area contributed by atoms with Crippen LogP contribution in [0.4, 0.5) is 0 Å². The summed E-state index contributed by atoms with van der Waals surface area (Å²) in [6, 6.07) is 3.49. The standard InChI is InChI=1S/C8H6BrClN4/c1-14-7(8(9)12-13-14)6-4-5(10)2-3-11-6/h2-4H,1H3. The zero-order chi connectivity index (χ0) is 10.1. The van der Waals surface area contributed by atoms with E-state index in [1.54, 1.807) is 30.1 Å². The van der Waals surface area contributed by atoms with Gasteiger partial charge >= 0.3 is 0 Å². The van der Waals surface area contributed by atoms with Crippen LogP contribution < -0.4 is 0 Å². The third-order valence-corrected chi connectivity index (χ3v) is 2.52. The summed E-state index contributed by atoms with van der Waals surface area (Å²) in [4.78, 5) is 4.19. The Kier molecular flexibility index (Phi) is 2.52. The van der Waals surface area contributed by atoms with Gasteiger partial charge in [-0.2, -0.15) is 0 Å². The molecule has 2 rings (SSSR count). The molecule has 0 saturated heterocycles. The van der Waals surface area contributed by atoms with Gasteiger partial charge in [-0.25, -0.2) is 4.68 Å². The highest BCUT2D eigenvalue weighted by Crippen LogP contribution is 2.25. The van der Waals surface area contributed by atoms with E-state index in [2.05, 4.69) is 31.2 Å². The van der Waals surface area contributed by atoms with E-state index in [0.29, 0.717) is 9.63 Å². The van der Waals surface area contributed by atoms with Crippen LogP contribution in [-0.4, -0.2) is 20.0 Å². The first-order chi connectivity index (χ1) is 6.68. The number of hydrogen-bond acceptors (Lipinski definition) is 3. The second-order valence-corrected chi connectivity index (χ2v) is 3.90. The monoisotopic (exact) mass is 272 g/mol. The molecule has 72 valence electrons. The number of pyridine rings is 1. The smallest absolute Gasteiger partial charge is 0.157 e. The maximum absolute atomic E-state index is 5.86. The molecule has 0 bridgehead atoms. The number of halogens is 2. The Morgan fingerprint density at radius 3 is 2.86 bits per heavy atom. The fraction of sp³-hybridized carbons (Fsp3) is 0.125. The second-order valence-electron chi connectivity index (χ2n) is 2.71. The van der Waals surface area contributed by atoms with Crippen molar-refractivity contribution < 1.29 is 0 Å². The van der Waals surface area contributed by atoms with Gasteiger partial charge in [-0.15, -0.1) is 5.10 Å². The fourth-order valence-electron chi connectivity index (χ4n) is 1.14. The fourth-order valence-corrected chi connectivity index (χ4v) is 1.83. The highest BCUT2D eigenvalue weighted by molar-refractivity contribution is 9.10. The molecule has 2 aromatic rings. The van der Waals surface area contributed by atoms with Crippen LogP contribution >= 0.6 is 27.5 Å². The molecule has 6 heteroatoms. The summed E-state index contributed by atoms with van der Waals surface area (Å²) >= 11 is 9.16. The first kappa shape index (κ1) is 9.61. The second kappa shape index (κ2) is 3.67. The normalized spacial score (nSPS) is 10.5. The maximum atomic E-state index is 5.86. The molecule has 0 aromatic carbocycles. The Morgan fingerprint density at radius 1 is 1.50 bits per heavy atom. The van der Waals surface area contributed by atoms with Crippen LogP contribution in [0.3, 0.4) is 0 Å². The van der Waals surface area contributed by atoms with Crippen molar-refractivity contribution in [2.45, 2.75) is 0 Å². The van der Waals surface area contributed by atoms with Crippen molar-refractivity contribution in [1.29, 1.82) is 0 Å². The Bertz CT molecular complexity index is 449. The molecular weight excluding hydrogens is 267 g/mol.